The van der Waals surface area contributed by atoms with Gasteiger partial charge in [0.25, 0.3) is 11.7 Å². The van der Waals surface area contributed by atoms with Gasteiger partial charge in [-0.1, -0.05) is 45.0 Å². The molecular weight excluding hydrogens is 470 g/mol. The van der Waals surface area contributed by atoms with Crippen molar-refractivity contribution < 1.29 is 24.2 Å². The van der Waals surface area contributed by atoms with Crippen LogP contribution in [-0.4, -0.2) is 51.0 Å². The Bertz CT molecular complexity index is 1340. The zero-order valence-corrected chi connectivity index (χ0v) is 21.3. The summed E-state index contributed by atoms with van der Waals surface area (Å²) in [4.78, 5) is 32.2. The highest BCUT2D eigenvalue weighted by Crippen LogP contribution is 2.41. The van der Waals surface area contributed by atoms with E-state index in [-0.39, 0.29) is 16.7 Å². The number of aromatic nitrogens is 2. The van der Waals surface area contributed by atoms with Crippen LogP contribution in [0.2, 0.25) is 0 Å². The molecule has 3 aromatic rings. The molecule has 2 aromatic carbocycles. The van der Waals surface area contributed by atoms with Crippen molar-refractivity contribution in [2.24, 2.45) is 0 Å². The van der Waals surface area contributed by atoms with Crippen molar-refractivity contribution in [3.05, 3.63) is 83.4 Å². The van der Waals surface area contributed by atoms with Gasteiger partial charge in [0.2, 0.25) is 0 Å². The van der Waals surface area contributed by atoms with Crippen LogP contribution in [0.4, 0.5) is 0 Å². The average Bonchev–Trinajstić information content (AvgIpc) is 3.50. The highest BCUT2D eigenvalue weighted by Gasteiger charge is 2.46. The van der Waals surface area contributed by atoms with Gasteiger partial charge in [0.1, 0.15) is 19.0 Å². The van der Waals surface area contributed by atoms with E-state index in [9.17, 15) is 14.7 Å². The van der Waals surface area contributed by atoms with Crippen molar-refractivity contribution in [2.75, 3.05) is 19.8 Å². The zero-order valence-electron chi connectivity index (χ0n) is 21.3. The van der Waals surface area contributed by atoms with E-state index >= 15 is 0 Å². The van der Waals surface area contributed by atoms with Crippen molar-refractivity contribution in [1.29, 1.82) is 0 Å². The zero-order chi connectivity index (χ0) is 26.2. The summed E-state index contributed by atoms with van der Waals surface area (Å²) in [5.41, 5.74) is 2.34. The van der Waals surface area contributed by atoms with Crippen molar-refractivity contribution in [2.45, 2.75) is 45.2 Å². The quantitative estimate of drug-likeness (QED) is 0.304. The molecule has 0 bridgehead atoms. The minimum Gasteiger partial charge on any atom is -0.507 e. The number of fused-ring (bicyclic) bond motifs is 1. The predicted octanol–water partition coefficient (Wildman–Crippen LogP) is 4.46. The van der Waals surface area contributed by atoms with Crippen molar-refractivity contribution in [3.8, 4) is 11.5 Å². The van der Waals surface area contributed by atoms with Crippen LogP contribution in [0.25, 0.3) is 5.76 Å². The summed E-state index contributed by atoms with van der Waals surface area (Å²) >= 11 is 0. The van der Waals surface area contributed by atoms with Gasteiger partial charge in [-0.2, -0.15) is 0 Å². The molecule has 1 N–H and O–H groups in total. The molecule has 0 radical (unpaired) electrons. The van der Waals surface area contributed by atoms with Crippen LogP contribution in [0.3, 0.4) is 0 Å². The maximum Gasteiger partial charge on any atom is 0.295 e. The molecule has 0 unspecified atom stereocenters. The Morgan fingerprint density at radius 2 is 1.76 bits per heavy atom. The summed E-state index contributed by atoms with van der Waals surface area (Å²) in [5.74, 6) is -0.458. The number of ketones is 1. The Labute approximate surface area is 216 Å². The number of aryl methyl sites for hydroxylation is 1. The van der Waals surface area contributed by atoms with E-state index < -0.39 is 17.7 Å². The summed E-state index contributed by atoms with van der Waals surface area (Å²) in [6, 6.07) is 12.2. The molecule has 0 aliphatic carbocycles. The van der Waals surface area contributed by atoms with E-state index in [4.69, 9.17) is 9.47 Å². The summed E-state index contributed by atoms with van der Waals surface area (Å²) < 4.78 is 13.2. The van der Waals surface area contributed by atoms with E-state index in [2.05, 4.69) is 25.8 Å². The number of carbonyl (C=O) groups excluding carboxylic acids is 2. The molecule has 1 amide bonds. The summed E-state index contributed by atoms with van der Waals surface area (Å²) in [5, 5.41) is 11.4. The Kier molecular flexibility index (Phi) is 6.50. The minimum atomic E-state index is -0.704. The average molecular weight is 502 g/mol. The topological polar surface area (TPSA) is 93.9 Å². The molecule has 1 fully saturated rings. The highest BCUT2D eigenvalue weighted by molar-refractivity contribution is 6.46. The number of aliphatic hydroxyl groups excluding tert-OH is 1. The van der Waals surface area contributed by atoms with Gasteiger partial charge in [-0.15, -0.1) is 0 Å². The predicted molar refractivity (Wildman–Crippen MR) is 138 cm³/mol. The normalized spacial score (nSPS) is 18.9. The van der Waals surface area contributed by atoms with E-state index in [0.717, 1.165) is 11.1 Å². The van der Waals surface area contributed by atoms with Gasteiger partial charge in [-0.3, -0.25) is 9.59 Å². The lowest BCUT2D eigenvalue weighted by molar-refractivity contribution is -0.139. The molecule has 192 valence electrons. The number of hydrogen-bond donors (Lipinski definition) is 1. The number of rotatable bonds is 6. The molecule has 0 saturated carbocycles. The van der Waals surface area contributed by atoms with Gasteiger partial charge in [0, 0.05) is 31.0 Å². The first-order valence-electron chi connectivity index (χ1n) is 12.5. The van der Waals surface area contributed by atoms with E-state index in [1.54, 1.807) is 35.6 Å². The van der Waals surface area contributed by atoms with Crippen LogP contribution >= 0.6 is 0 Å². The number of benzene rings is 2. The standard InChI is InChI=1S/C29H31N3O5/c1-29(2,3)21-8-5-19(6-9-21)25-24(26(33)20-7-10-22-23(17-20)37-16-15-36-22)27(34)28(35)32(25)13-4-12-31-14-11-30-18-31/h5-11,14,17-18,25,33H,4,12-13,15-16H2,1-3H3/b26-24+/t25-/m1/s1. The SMILES string of the molecule is CC(C)(C)c1ccc([C@@H]2/C(=C(\O)c3ccc4c(c3)OCCO4)C(=O)C(=O)N2CCCn2ccnc2)cc1. The minimum absolute atomic E-state index is 0.0453. The van der Waals surface area contributed by atoms with Crippen LogP contribution in [-0.2, 0) is 21.5 Å². The van der Waals surface area contributed by atoms with Crippen LogP contribution < -0.4 is 9.47 Å². The molecule has 1 atom stereocenters. The summed E-state index contributed by atoms with van der Waals surface area (Å²) in [6.45, 7) is 8.25. The van der Waals surface area contributed by atoms with Crippen molar-refractivity contribution in [3.63, 3.8) is 0 Å². The number of nitrogens with zero attached hydrogens (tertiary/aromatic N) is 3. The third-order valence-electron chi connectivity index (χ3n) is 6.82. The van der Waals surface area contributed by atoms with Crippen LogP contribution in [0.15, 0.2) is 66.8 Å². The number of ether oxygens (including phenoxy) is 2. The van der Waals surface area contributed by atoms with Crippen LogP contribution in [0, 0.1) is 0 Å². The highest BCUT2D eigenvalue weighted by atomic mass is 16.6. The first kappa shape index (κ1) is 24.6. The molecule has 0 spiro atoms. The van der Waals surface area contributed by atoms with Gasteiger partial charge in [0.05, 0.1) is 17.9 Å². The second kappa shape index (κ2) is 9.76. The fraction of sp³-hybridized carbons (Fsp3) is 0.345. The second-order valence-electron chi connectivity index (χ2n) is 10.4. The molecule has 2 aliphatic rings. The van der Waals surface area contributed by atoms with Crippen LogP contribution in [0.5, 0.6) is 11.5 Å². The van der Waals surface area contributed by atoms with Gasteiger partial charge >= 0.3 is 0 Å². The number of amides is 1. The fourth-order valence-corrected chi connectivity index (χ4v) is 4.81. The summed E-state index contributed by atoms with van der Waals surface area (Å²) in [7, 11) is 0. The van der Waals surface area contributed by atoms with E-state index in [1.807, 2.05) is 35.0 Å². The van der Waals surface area contributed by atoms with Gasteiger partial charge in [-0.25, -0.2) is 4.98 Å². The Balaban J connectivity index is 1.54. The smallest absolute Gasteiger partial charge is 0.295 e. The maximum atomic E-state index is 13.3. The Morgan fingerprint density at radius 3 is 2.43 bits per heavy atom. The van der Waals surface area contributed by atoms with Gasteiger partial charge < -0.3 is 24.0 Å². The molecular formula is C29H31N3O5. The largest absolute Gasteiger partial charge is 0.507 e. The van der Waals surface area contributed by atoms with Crippen LogP contribution in [0.1, 0.15) is 49.9 Å². The number of likely N-dealkylation sites (tertiary alicyclic amines) is 1. The Morgan fingerprint density at radius 1 is 1.03 bits per heavy atom. The number of imidazole rings is 1. The van der Waals surface area contributed by atoms with E-state index in [0.29, 0.717) is 49.8 Å². The maximum absolute atomic E-state index is 13.3. The third-order valence-corrected chi connectivity index (χ3v) is 6.82. The van der Waals surface area contributed by atoms with Gasteiger partial charge in [0.15, 0.2) is 11.5 Å². The molecule has 8 nitrogen and oxygen atoms in total. The monoisotopic (exact) mass is 501 g/mol. The first-order valence-corrected chi connectivity index (χ1v) is 12.5. The number of aliphatic hydroxyl groups is 1. The molecule has 1 aromatic heterocycles. The lowest BCUT2D eigenvalue weighted by atomic mass is 9.85. The third kappa shape index (κ3) is 4.83. The number of carbonyl (C=O) groups is 2. The molecule has 37 heavy (non-hydrogen) atoms. The second-order valence-corrected chi connectivity index (χ2v) is 10.4. The lowest BCUT2D eigenvalue weighted by Gasteiger charge is -2.26. The molecule has 2 aliphatic heterocycles. The lowest BCUT2D eigenvalue weighted by Crippen LogP contribution is -2.31. The molecule has 5 rings (SSSR count). The number of hydrogen-bond acceptors (Lipinski definition) is 6. The summed E-state index contributed by atoms with van der Waals surface area (Å²) in [6.07, 6.45) is 5.91. The van der Waals surface area contributed by atoms with E-state index in [1.165, 1.54) is 0 Å². The number of Topliss-reactive ketones (excluding diaryl/α,β-unsaturated/α-hetero) is 1. The molecule has 1 saturated heterocycles. The first-order chi connectivity index (χ1) is 17.7. The van der Waals surface area contributed by atoms with Crippen molar-refractivity contribution in [1.82, 2.24) is 14.5 Å². The molecule has 3 heterocycles. The van der Waals surface area contributed by atoms with Crippen molar-refractivity contribution >= 4 is 17.4 Å². The van der Waals surface area contributed by atoms with Gasteiger partial charge in [-0.05, 0) is 41.2 Å². The molecule has 8 heteroatoms. The fourth-order valence-electron chi connectivity index (χ4n) is 4.81. The Hall–Kier alpha value is -4.07.